The summed E-state index contributed by atoms with van der Waals surface area (Å²) in [4.78, 5) is 21.3. The third kappa shape index (κ3) is 22.8. The Labute approximate surface area is 150 Å². The highest BCUT2D eigenvalue weighted by atomic mass is 16.1. The molecule has 0 bridgehead atoms. The Hall–Kier alpha value is -1.44. The summed E-state index contributed by atoms with van der Waals surface area (Å²) >= 11 is 0. The van der Waals surface area contributed by atoms with Gasteiger partial charge in [-0.05, 0) is 31.6 Å². The molecule has 0 aliphatic rings. The van der Waals surface area contributed by atoms with Crippen molar-refractivity contribution in [1.82, 2.24) is 0 Å². The van der Waals surface area contributed by atoms with Crippen molar-refractivity contribution in [1.29, 1.82) is 0 Å². The van der Waals surface area contributed by atoms with E-state index in [9.17, 15) is 9.59 Å². The van der Waals surface area contributed by atoms with Gasteiger partial charge in [0.25, 0.3) is 0 Å². The van der Waals surface area contributed by atoms with Crippen LogP contribution in [0.15, 0.2) is 30.3 Å². The van der Waals surface area contributed by atoms with Crippen LogP contribution in [-0.2, 0) is 9.59 Å². The van der Waals surface area contributed by atoms with Crippen molar-refractivity contribution < 1.29 is 9.59 Å². The van der Waals surface area contributed by atoms with Crippen LogP contribution in [-0.4, -0.2) is 11.6 Å². The molecule has 2 heteroatoms. The lowest BCUT2D eigenvalue weighted by molar-refractivity contribution is -0.120. The molecule has 138 valence electrons. The molecule has 0 aliphatic heterocycles. The van der Waals surface area contributed by atoms with Gasteiger partial charge < -0.3 is 4.79 Å². The molecular weight excluding hydrogens is 296 g/mol. The molecule has 24 heavy (non-hydrogen) atoms. The summed E-state index contributed by atoms with van der Waals surface area (Å²) in [6.45, 7) is 16.1. The van der Waals surface area contributed by atoms with E-state index < -0.39 is 0 Å². The van der Waals surface area contributed by atoms with Crippen molar-refractivity contribution in [3.8, 4) is 0 Å². The fraction of sp³-hybridized carbons (Fsp3) is 0.636. The van der Waals surface area contributed by atoms with Crippen molar-refractivity contribution in [3.05, 3.63) is 35.9 Å². The maximum Gasteiger partial charge on any atom is 0.133 e. The second-order valence-electron chi connectivity index (χ2n) is 7.69. The van der Waals surface area contributed by atoms with Gasteiger partial charge in [0.2, 0.25) is 0 Å². The van der Waals surface area contributed by atoms with Crippen molar-refractivity contribution in [2.24, 2.45) is 17.8 Å². The molecule has 0 radical (unpaired) electrons. The van der Waals surface area contributed by atoms with Crippen LogP contribution < -0.4 is 0 Å². The van der Waals surface area contributed by atoms with Gasteiger partial charge in [-0.25, -0.2) is 0 Å². The van der Waals surface area contributed by atoms with Crippen LogP contribution in [0, 0.1) is 24.7 Å². The van der Waals surface area contributed by atoms with Crippen molar-refractivity contribution in [2.45, 2.75) is 74.7 Å². The molecule has 2 nitrogen and oxygen atoms in total. The van der Waals surface area contributed by atoms with Gasteiger partial charge >= 0.3 is 0 Å². The van der Waals surface area contributed by atoms with E-state index in [0.717, 1.165) is 19.3 Å². The number of ketones is 2. The average Bonchev–Trinajstić information content (AvgIpc) is 2.37. The molecular formula is C22H38O2. The minimum absolute atomic E-state index is 0.287. The summed E-state index contributed by atoms with van der Waals surface area (Å²) in [5.74, 6) is 2.26. The van der Waals surface area contributed by atoms with Crippen LogP contribution in [0.5, 0.6) is 0 Å². The lowest BCUT2D eigenvalue weighted by Gasteiger charge is -2.05. The number of hydrogen-bond donors (Lipinski definition) is 0. The number of rotatable bonds is 6. The lowest BCUT2D eigenvalue weighted by atomic mass is 10.00. The minimum atomic E-state index is 0.287. The zero-order chi connectivity index (χ0) is 19.1. The molecule has 0 saturated carbocycles. The van der Waals surface area contributed by atoms with Gasteiger partial charge in [0.1, 0.15) is 11.6 Å². The summed E-state index contributed by atoms with van der Waals surface area (Å²) in [5.41, 5.74) is 1.32. The van der Waals surface area contributed by atoms with E-state index >= 15 is 0 Å². The number of benzene rings is 1. The molecule has 0 saturated heterocycles. The smallest absolute Gasteiger partial charge is 0.133 e. The first kappa shape index (κ1) is 24.8. The van der Waals surface area contributed by atoms with E-state index in [0.29, 0.717) is 23.5 Å². The van der Waals surface area contributed by atoms with Gasteiger partial charge in [-0.3, -0.25) is 4.79 Å². The molecule has 1 aromatic rings. The van der Waals surface area contributed by atoms with Crippen LogP contribution >= 0.6 is 0 Å². The molecule has 0 atom stereocenters. The molecule has 0 N–H and O–H groups in total. The molecule has 0 unspecified atom stereocenters. The first-order valence-electron chi connectivity index (χ1n) is 9.07. The van der Waals surface area contributed by atoms with Gasteiger partial charge in [0.05, 0.1) is 0 Å². The highest BCUT2D eigenvalue weighted by Gasteiger charge is 2.06. The van der Waals surface area contributed by atoms with Crippen molar-refractivity contribution in [3.63, 3.8) is 0 Å². The maximum atomic E-state index is 11.1. The van der Waals surface area contributed by atoms with E-state index in [4.69, 9.17) is 0 Å². The summed E-state index contributed by atoms with van der Waals surface area (Å²) < 4.78 is 0. The summed E-state index contributed by atoms with van der Waals surface area (Å²) in [5, 5.41) is 0. The van der Waals surface area contributed by atoms with Crippen LogP contribution in [0.2, 0.25) is 0 Å². The number of Topliss-reactive ketones (excluding diaryl/α,β-unsaturated/α-hetero) is 2. The Kier molecular flexibility index (Phi) is 15.6. The van der Waals surface area contributed by atoms with E-state index in [-0.39, 0.29) is 5.78 Å². The number of hydrogen-bond acceptors (Lipinski definition) is 2. The highest BCUT2D eigenvalue weighted by molar-refractivity contribution is 5.78. The first-order chi connectivity index (χ1) is 11.0. The number of carbonyl (C=O) groups excluding carboxylic acids is 2. The predicted octanol–water partition coefficient (Wildman–Crippen LogP) is 6.26. The monoisotopic (exact) mass is 334 g/mol. The highest BCUT2D eigenvalue weighted by Crippen LogP contribution is 2.07. The Morgan fingerprint density at radius 1 is 0.750 bits per heavy atom. The van der Waals surface area contributed by atoms with Gasteiger partial charge in [0, 0.05) is 19.3 Å². The van der Waals surface area contributed by atoms with E-state index in [1.807, 2.05) is 32.0 Å². The standard InChI is InChI=1S/C9H18O.C7H8.C6H12O/c1-7(2)5-9(10)6-8(3)4;1-7-5-3-2-4-6-7;1-5(2)4-6(3)7/h7-8H,5-6H2,1-4H3;2-6H,1H3;5H,4H2,1-3H3. The molecule has 1 rings (SSSR count). The third-order valence-electron chi connectivity index (χ3n) is 2.91. The lowest BCUT2D eigenvalue weighted by Crippen LogP contribution is -2.05. The van der Waals surface area contributed by atoms with Crippen molar-refractivity contribution >= 4 is 11.6 Å². The van der Waals surface area contributed by atoms with E-state index in [1.54, 1.807) is 6.92 Å². The molecule has 0 spiro atoms. The van der Waals surface area contributed by atoms with Gasteiger partial charge in [-0.2, -0.15) is 0 Å². The topological polar surface area (TPSA) is 34.1 Å². The van der Waals surface area contributed by atoms with Crippen LogP contribution in [0.25, 0.3) is 0 Å². The molecule has 0 aliphatic carbocycles. The Morgan fingerprint density at radius 2 is 1.12 bits per heavy atom. The molecule has 0 fully saturated rings. The second-order valence-corrected chi connectivity index (χ2v) is 7.69. The maximum absolute atomic E-state index is 11.1. The Bertz CT molecular complexity index is 419. The van der Waals surface area contributed by atoms with Crippen molar-refractivity contribution in [2.75, 3.05) is 0 Å². The molecule has 0 aromatic heterocycles. The van der Waals surface area contributed by atoms with Crippen LogP contribution in [0.3, 0.4) is 0 Å². The van der Waals surface area contributed by atoms with Crippen LogP contribution in [0.1, 0.15) is 73.3 Å². The van der Waals surface area contributed by atoms with E-state index in [1.165, 1.54) is 5.56 Å². The summed E-state index contributed by atoms with van der Waals surface area (Å²) in [7, 11) is 0. The minimum Gasteiger partial charge on any atom is -0.300 e. The summed E-state index contributed by atoms with van der Waals surface area (Å²) in [6.07, 6.45) is 2.22. The third-order valence-corrected chi connectivity index (χ3v) is 2.91. The van der Waals surface area contributed by atoms with Gasteiger partial charge in [0.15, 0.2) is 0 Å². The second kappa shape index (κ2) is 15.1. The quantitative estimate of drug-likeness (QED) is 0.615. The van der Waals surface area contributed by atoms with Gasteiger partial charge in [-0.15, -0.1) is 0 Å². The van der Waals surface area contributed by atoms with E-state index in [2.05, 4.69) is 46.8 Å². The zero-order valence-corrected chi connectivity index (χ0v) is 17.1. The Balaban J connectivity index is 0. The fourth-order valence-corrected chi connectivity index (χ4v) is 2.10. The number of carbonyl (C=O) groups is 2. The predicted molar refractivity (Wildman–Crippen MR) is 105 cm³/mol. The largest absolute Gasteiger partial charge is 0.300 e. The SMILES string of the molecule is CC(=O)CC(C)C.CC(C)CC(=O)CC(C)C.Cc1ccccc1. The van der Waals surface area contributed by atoms with Crippen LogP contribution in [0.4, 0.5) is 0 Å². The molecule has 1 aromatic carbocycles. The van der Waals surface area contributed by atoms with Gasteiger partial charge in [-0.1, -0.05) is 77.4 Å². The average molecular weight is 335 g/mol. The fourth-order valence-electron chi connectivity index (χ4n) is 2.10. The summed E-state index contributed by atoms with van der Waals surface area (Å²) in [6, 6.07) is 10.3. The molecule has 0 amide bonds. The first-order valence-corrected chi connectivity index (χ1v) is 9.07. The number of aryl methyl sites for hydroxylation is 1. The normalized spacial score (nSPS) is 9.96. The zero-order valence-electron chi connectivity index (χ0n) is 17.1. The molecule has 0 heterocycles. The Morgan fingerprint density at radius 3 is 1.29 bits per heavy atom.